The van der Waals surface area contributed by atoms with E-state index in [1.165, 1.54) is 0 Å². The zero-order valence-corrected chi connectivity index (χ0v) is 10.3. The van der Waals surface area contributed by atoms with Gasteiger partial charge in [-0.3, -0.25) is 10.2 Å². The van der Waals surface area contributed by atoms with Gasteiger partial charge < -0.3 is 4.74 Å². The monoisotopic (exact) mass is 260 g/mol. The first kappa shape index (κ1) is 14.4. The SMILES string of the molecule is CCC(=O)C(=N)C(=O)OCc1ccc(N=[N+]=[N-])cc1. The van der Waals surface area contributed by atoms with Crippen LogP contribution < -0.4 is 0 Å². The first-order valence-corrected chi connectivity index (χ1v) is 5.51. The van der Waals surface area contributed by atoms with E-state index < -0.39 is 17.5 Å². The summed E-state index contributed by atoms with van der Waals surface area (Å²) in [7, 11) is 0. The predicted molar refractivity (Wildman–Crippen MR) is 68.1 cm³/mol. The summed E-state index contributed by atoms with van der Waals surface area (Å²) in [5.74, 6) is -1.49. The molecule has 0 amide bonds. The fourth-order valence-electron chi connectivity index (χ4n) is 1.22. The molecule has 0 aliphatic heterocycles. The van der Waals surface area contributed by atoms with E-state index >= 15 is 0 Å². The third-order valence-electron chi connectivity index (χ3n) is 2.27. The maximum absolute atomic E-state index is 11.4. The lowest BCUT2D eigenvalue weighted by molar-refractivity contribution is -0.137. The highest BCUT2D eigenvalue weighted by atomic mass is 16.5. The maximum atomic E-state index is 11.4. The van der Waals surface area contributed by atoms with Crippen molar-refractivity contribution < 1.29 is 14.3 Å². The molecule has 1 N–H and O–H groups in total. The molecule has 19 heavy (non-hydrogen) atoms. The molecule has 0 atom stereocenters. The number of ketones is 1. The molecule has 0 aromatic heterocycles. The fourth-order valence-corrected chi connectivity index (χ4v) is 1.22. The molecule has 0 saturated carbocycles. The number of azide groups is 1. The number of carbonyl (C=O) groups excluding carboxylic acids is 2. The second-order valence-corrected chi connectivity index (χ2v) is 3.58. The summed E-state index contributed by atoms with van der Waals surface area (Å²) in [5.41, 5.74) is 8.71. The van der Waals surface area contributed by atoms with Gasteiger partial charge in [-0.25, -0.2) is 4.79 Å². The number of hydrogen-bond donors (Lipinski definition) is 1. The summed E-state index contributed by atoms with van der Waals surface area (Å²) in [6, 6.07) is 6.40. The van der Waals surface area contributed by atoms with Crippen LogP contribution in [0.2, 0.25) is 0 Å². The maximum Gasteiger partial charge on any atom is 0.360 e. The van der Waals surface area contributed by atoms with Gasteiger partial charge in [-0.1, -0.05) is 36.3 Å². The Morgan fingerprint density at radius 1 is 1.37 bits per heavy atom. The number of esters is 1. The van der Waals surface area contributed by atoms with Crippen LogP contribution in [0.15, 0.2) is 29.4 Å². The third-order valence-corrected chi connectivity index (χ3v) is 2.27. The Bertz CT molecular complexity index is 545. The van der Waals surface area contributed by atoms with Crippen LogP contribution in [-0.4, -0.2) is 17.5 Å². The molecule has 1 aromatic carbocycles. The van der Waals surface area contributed by atoms with Crippen LogP contribution in [0.5, 0.6) is 0 Å². The number of benzene rings is 1. The summed E-state index contributed by atoms with van der Waals surface area (Å²) >= 11 is 0. The van der Waals surface area contributed by atoms with Gasteiger partial charge in [0, 0.05) is 17.0 Å². The van der Waals surface area contributed by atoms with Crippen molar-refractivity contribution in [3.63, 3.8) is 0 Å². The van der Waals surface area contributed by atoms with Crippen LogP contribution in [0.1, 0.15) is 18.9 Å². The van der Waals surface area contributed by atoms with E-state index in [0.29, 0.717) is 11.3 Å². The van der Waals surface area contributed by atoms with Crippen molar-refractivity contribution in [1.82, 2.24) is 0 Å². The summed E-state index contributed by atoms with van der Waals surface area (Å²) in [6.07, 6.45) is 0.0921. The lowest BCUT2D eigenvalue weighted by Gasteiger charge is -2.05. The molecule has 7 nitrogen and oxygen atoms in total. The number of ether oxygens (including phenoxy) is 1. The highest BCUT2D eigenvalue weighted by molar-refractivity contribution is 6.63. The summed E-state index contributed by atoms with van der Waals surface area (Å²) < 4.78 is 4.82. The number of nitrogens with zero attached hydrogens (tertiary/aromatic N) is 3. The molecule has 0 aliphatic rings. The minimum atomic E-state index is -0.939. The van der Waals surface area contributed by atoms with Gasteiger partial charge in [-0.2, -0.15) is 0 Å². The van der Waals surface area contributed by atoms with Gasteiger partial charge in [0.25, 0.3) is 0 Å². The molecule has 0 heterocycles. The summed E-state index contributed by atoms with van der Waals surface area (Å²) in [4.78, 5) is 25.1. The van der Waals surface area contributed by atoms with Gasteiger partial charge in [0.1, 0.15) is 6.61 Å². The largest absolute Gasteiger partial charge is 0.456 e. The standard InChI is InChI=1S/C12H12N4O3/c1-2-10(17)11(13)12(18)19-7-8-3-5-9(6-4-8)15-16-14/h3-6,13H,2,7H2,1H3. The zero-order chi connectivity index (χ0) is 14.3. The molecule has 0 spiro atoms. The Morgan fingerprint density at radius 3 is 2.53 bits per heavy atom. The average molecular weight is 260 g/mol. The highest BCUT2D eigenvalue weighted by Crippen LogP contribution is 2.13. The topological polar surface area (TPSA) is 116 Å². The number of Topliss-reactive ketones (excluding diaryl/α,β-unsaturated/α-hetero) is 1. The predicted octanol–water partition coefficient (Wildman–Crippen LogP) is 2.67. The summed E-state index contributed by atoms with van der Waals surface area (Å²) in [6.45, 7) is 1.52. The molecule has 0 saturated heterocycles. The molecule has 0 unspecified atom stereocenters. The van der Waals surface area contributed by atoms with Gasteiger partial charge in [0.05, 0.1) is 0 Å². The molecular weight excluding hydrogens is 248 g/mol. The van der Waals surface area contributed by atoms with E-state index in [0.717, 1.165) is 0 Å². The third kappa shape index (κ3) is 4.25. The van der Waals surface area contributed by atoms with E-state index in [1.54, 1.807) is 31.2 Å². The van der Waals surface area contributed by atoms with E-state index in [9.17, 15) is 9.59 Å². The first-order valence-electron chi connectivity index (χ1n) is 5.51. The number of hydrogen-bond acceptors (Lipinski definition) is 5. The van der Waals surface area contributed by atoms with Gasteiger partial charge in [-0.05, 0) is 11.1 Å². The van der Waals surface area contributed by atoms with E-state index in [2.05, 4.69) is 10.0 Å². The second-order valence-electron chi connectivity index (χ2n) is 3.58. The molecule has 1 rings (SSSR count). The fraction of sp³-hybridized carbons (Fsp3) is 0.250. The van der Waals surface area contributed by atoms with Gasteiger partial charge in [0.2, 0.25) is 0 Å². The van der Waals surface area contributed by atoms with Gasteiger partial charge >= 0.3 is 5.97 Å². The Balaban J connectivity index is 2.57. The minimum Gasteiger partial charge on any atom is -0.456 e. The van der Waals surface area contributed by atoms with Crippen molar-refractivity contribution in [2.24, 2.45) is 5.11 Å². The highest BCUT2D eigenvalue weighted by Gasteiger charge is 2.17. The molecule has 0 radical (unpaired) electrons. The van der Waals surface area contributed by atoms with Crippen LogP contribution in [0.25, 0.3) is 10.4 Å². The molecule has 7 heteroatoms. The van der Waals surface area contributed by atoms with Crippen molar-refractivity contribution in [2.75, 3.05) is 0 Å². The van der Waals surface area contributed by atoms with Crippen molar-refractivity contribution in [1.29, 1.82) is 5.41 Å². The van der Waals surface area contributed by atoms with Crippen LogP contribution >= 0.6 is 0 Å². The Hall–Kier alpha value is -2.66. The van der Waals surface area contributed by atoms with E-state index in [1.807, 2.05) is 0 Å². The number of carbonyl (C=O) groups is 2. The van der Waals surface area contributed by atoms with Crippen molar-refractivity contribution >= 4 is 23.2 Å². The van der Waals surface area contributed by atoms with Crippen molar-refractivity contribution in [2.45, 2.75) is 20.0 Å². The lowest BCUT2D eigenvalue weighted by Crippen LogP contribution is -2.24. The van der Waals surface area contributed by atoms with E-state index in [4.69, 9.17) is 15.7 Å². The summed E-state index contributed by atoms with van der Waals surface area (Å²) in [5, 5.41) is 10.7. The molecular formula is C12H12N4O3. The molecule has 0 aliphatic carbocycles. The quantitative estimate of drug-likeness (QED) is 0.211. The van der Waals surface area contributed by atoms with Crippen LogP contribution in [0.4, 0.5) is 5.69 Å². The molecule has 1 aromatic rings. The van der Waals surface area contributed by atoms with E-state index in [-0.39, 0.29) is 13.0 Å². The first-order chi connectivity index (χ1) is 9.08. The Labute approximate surface area is 109 Å². The normalized spacial score (nSPS) is 9.32. The van der Waals surface area contributed by atoms with Gasteiger partial charge in [0.15, 0.2) is 11.5 Å². The van der Waals surface area contributed by atoms with Crippen LogP contribution in [-0.2, 0) is 20.9 Å². The minimum absolute atomic E-state index is 0.0469. The molecule has 98 valence electrons. The molecule has 0 fully saturated rings. The van der Waals surface area contributed by atoms with Crippen molar-refractivity contribution in [3.8, 4) is 0 Å². The zero-order valence-electron chi connectivity index (χ0n) is 10.3. The number of rotatable bonds is 6. The average Bonchev–Trinajstić information content (AvgIpc) is 2.44. The van der Waals surface area contributed by atoms with Crippen LogP contribution in [0.3, 0.4) is 0 Å². The smallest absolute Gasteiger partial charge is 0.360 e. The Kier molecular flexibility index (Phi) is 5.25. The molecule has 0 bridgehead atoms. The van der Waals surface area contributed by atoms with Crippen molar-refractivity contribution in [3.05, 3.63) is 40.3 Å². The second kappa shape index (κ2) is 6.93. The number of nitrogens with one attached hydrogen (secondary N) is 1. The lowest BCUT2D eigenvalue weighted by atomic mass is 10.2. The van der Waals surface area contributed by atoms with Crippen LogP contribution in [0, 0.1) is 5.41 Å². The van der Waals surface area contributed by atoms with Gasteiger partial charge in [-0.15, -0.1) is 0 Å². The Morgan fingerprint density at radius 2 is 2.00 bits per heavy atom.